The van der Waals surface area contributed by atoms with Crippen LogP contribution in [-0.2, 0) is 30.8 Å². The first-order valence-corrected chi connectivity index (χ1v) is 14.5. The van der Waals surface area contributed by atoms with E-state index < -0.39 is 33.7 Å². The van der Waals surface area contributed by atoms with Gasteiger partial charge in [0, 0.05) is 31.1 Å². The standard InChI is InChI=1S/C30H31N5O6S/c1-21(36)41-35(29(37)40-30(2,3)4)28-12-7-11-26(33-28)27(34-42(38,39)24-9-8-17-31-20-24)19-22-13-15-23(16-14-22)25-10-5-6-18-32-25/h5-18,20,27,34H,19H2,1-4H3. The van der Waals surface area contributed by atoms with E-state index in [0.717, 1.165) is 23.7 Å². The van der Waals surface area contributed by atoms with Crippen molar-refractivity contribution < 1.29 is 27.6 Å². The highest BCUT2D eigenvalue weighted by Crippen LogP contribution is 2.25. The minimum atomic E-state index is -4.02. The van der Waals surface area contributed by atoms with Crippen molar-refractivity contribution in [3.05, 3.63) is 103 Å². The van der Waals surface area contributed by atoms with Gasteiger partial charge in [-0.2, -0.15) is 0 Å². The van der Waals surface area contributed by atoms with E-state index in [1.807, 2.05) is 42.5 Å². The zero-order valence-electron chi connectivity index (χ0n) is 23.6. The normalized spacial score (nSPS) is 12.3. The second-order valence-corrected chi connectivity index (χ2v) is 12.0. The number of carbonyl (C=O) groups excluding carboxylic acids is 2. The summed E-state index contributed by atoms with van der Waals surface area (Å²) in [5, 5.41) is 0.644. The largest absolute Gasteiger partial charge is 0.450 e. The lowest BCUT2D eigenvalue weighted by atomic mass is 10.0. The Bertz CT molecular complexity index is 1630. The van der Waals surface area contributed by atoms with Gasteiger partial charge >= 0.3 is 12.1 Å². The number of hydrogen-bond donors (Lipinski definition) is 1. The molecule has 42 heavy (non-hydrogen) atoms. The maximum Gasteiger partial charge on any atom is 0.450 e. The van der Waals surface area contributed by atoms with Crippen LogP contribution in [-0.4, -0.2) is 41.0 Å². The van der Waals surface area contributed by atoms with E-state index in [1.54, 1.807) is 39.1 Å². The number of hydroxylamine groups is 1. The van der Waals surface area contributed by atoms with Gasteiger partial charge in [0.15, 0.2) is 5.82 Å². The fourth-order valence-corrected chi connectivity index (χ4v) is 5.08. The number of amides is 1. The number of anilines is 1. The molecule has 12 heteroatoms. The predicted octanol–water partition coefficient (Wildman–Crippen LogP) is 5.02. The molecule has 0 spiro atoms. The molecule has 3 heterocycles. The molecule has 1 amide bonds. The summed E-state index contributed by atoms with van der Waals surface area (Å²) in [6.07, 6.45) is 3.68. The number of rotatable bonds is 8. The molecule has 4 aromatic rings. The highest BCUT2D eigenvalue weighted by atomic mass is 32.2. The number of carbonyl (C=O) groups is 2. The van der Waals surface area contributed by atoms with Gasteiger partial charge in [0.2, 0.25) is 10.0 Å². The van der Waals surface area contributed by atoms with Crippen LogP contribution < -0.4 is 9.79 Å². The molecular formula is C30H31N5O6S. The van der Waals surface area contributed by atoms with Crippen LogP contribution in [0.2, 0.25) is 0 Å². The van der Waals surface area contributed by atoms with Crippen LogP contribution in [0.15, 0.2) is 96.3 Å². The van der Waals surface area contributed by atoms with Crippen molar-refractivity contribution >= 4 is 27.9 Å². The number of ether oxygens (including phenoxy) is 1. The van der Waals surface area contributed by atoms with Gasteiger partial charge in [-0.3, -0.25) is 9.97 Å². The number of hydrogen-bond acceptors (Lipinski definition) is 9. The summed E-state index contributed by atoms with van der Waals surface area (Å²) in [5.74, 6) is -0.831. The van der Waals surface area contributed by atoms with Crippen molar-refractivity contribution in [1.82, 2.24) is 19.7 Å². The van der Waals surface area contributed by atoms with Crippen LogP contribution in [0.4, 0.5) is 10.6 Å². The van der Waals surface area contributed by atoms with Crippen LogP contribution in [0, 0.1) is 0 Å². The van der Waals surface area contributed by atoms with Gasteiger partial charge in [-0.25, -0.2) is 27.7 Å². The van der Waals surface area contributed by atoms with Gasteiger partial charge in [0.05, 0.1) is 17.4 Å². The van der Waals surface area contributed by atoms with Crippen LogP contribution in [0.1, 0.15) is 45.0 Å². The van der Waals surface area contributed by atoms with Gasteiger partial charge in [0.1, 0.15) is 10.5 Å². The fraction of sp³-hybridized carbons (Fsp3) is 0.233. The Balaban J connectivity index is 1.70. The van der Waals surface area contributed by atoms with Crippen LogP contribution in [0.3, 0.4) is 0 Å². The molecular weight excluding hydrogens is 558 g/mol. The Kier molecular flexibility index (Phi) is 9.28. The quantitative estimate of drug-likeness (QED) is 0.280. The van der Waals surface area contributed by atoms with Crippen LogP contribution >= 0.6 is 0 Å². The molecule has 1 aromatic carbocycles. The van der Waals surface area contributed by atoms with Crippen molar-refractivity contribution in [2.45, 2.75) is 50.7 Å². The Labute approximate surface area is 244 Å². The third-order valence-corrected chi connectivity index (χ3v) is 7.15. The Hall–Kier alpha value is -4.68. The third-order valence-electron chi connectivity index (χ3n) is 5.70. The highest BCUT2D eigenvalue weighted by Gasteiger charge is 2.29. The van der Waals surface area contributed by atoms with E-state index in [-0.39, 0.29) is 22.8 Å². The third kappa shape index (κ3) is 8.18. The fourth-order valence-electron chi connectivity index (χ4n) is 3.91. The molecule has 218 valence electrons. The molecule has 3 aromatic heterocycles. The minimum Gasteiger partial charge on any atom is -0.441 e. The second kappa shape index (κ2) is 12.9. The van der Waals surface area contributed by atoms with Crippen LogP contribution in [0.5, 0.6) is 0 Å². The van der Waals surface area contributed by atoms with Crippen LogP contribution in [0.25, 0.3) is 11.3 Å². The Morgan fingerprint density at radius 3 is 2.33 bits per heavy atom. The number of nitrogens with zero attached hydrogens (tertiary/aromatic N) is 4. The Morgan fingerprint density at radius 1 is 0.952 bits per heavy atom. The number of nitrogens with one attached hydrogen (secondary N) is 1. The molecule has 0 aliphatic carbocycles. The molecule has 0 saturated carbocycles. The molecule has 0 bridgehead atoms. The molecule has 1 unspecified atom stereocenters. The summed E-state index contributed by atoms with van der Waals surface area (Å²) in [6.45, 7) is 6.15. The monoisotopic (exact) mass is 589 g/mol. The molecule has 0 aliphatic heterocycles. The smallest absolute Gasteiger partial charge is 0.441 e. The summed E-state index contributed by atoms with van der Waals surface area (Å²) in [5.41, 5.74) is 1.91. The maximum atomic E-state index is 13.3. The number of benzene rings is 1. The SMILES string of the molecule is CC(=O)ON(C(=O)OC(C)(C)C)c1cccc(C(Cc2ccc(-c3ccccn3)cc2)NS(=O)(=O)c2cccnc2)n1. The zero-order chi connectivity index (χ0) is 30.3. The van der Waals surface area contributed by atoms with Crippen molar-refractivity contribution in [2.24, 2.45) is 0 Å². The molecule has 0 fully saturated rings. The van der Waals surface area contributed by atoms with E-state index in [9.17, 15) is 18.0 Å². The highest BCUT2D eigenvalue weighted by molar-refractivity contribution is 7.89. The average molecular weight is 590 g/mol. The van der Waals surface area contributed by atoms with Gasteiger partial charge in [-0.05, 0) is 69.2 Å². The van der Waals surface area contributed by atoms with Crippen molar-refractivity contribution in [2.75, 3.05) is 5.06 Å². The van der Waals surface area contributed by atoms with E-state index in [0.29, 0.717) is 5.06 Å². The summed E-state index contributed by atoms with van der Waals surface area (Å²) in [7, 11) is -4.02. The first-order valence-electron chi connectivity index (χ1n) is 13.0. The Morgan fingerprint density at radius 2 is 1.71 bits per heavy atom. The van der Waals surface area contributed by atoms with E-state index in [1.165, 1.54) is 30.6 Å². The molecule has 0 radical (unpaired) electrons. The topological polar surface area (TPSA) is 141 Å². The number of aromatic nitrogens is 3. The zero-order valence-corrected chi connectivity index (χ0v) is 24.4. The van der Waals surface area contributed by atoms with Crippen molar-refractivity contribution in [3.8, 4) is 11.3 Å². The van der Waals surface area contributed by atoms with E-state index >= 15 is 0 Å². The molecule has 0 aliphatic rings. The van der Waals surface area contributed by atoms with Crippen molar-refractivity contribution in [1.29, 1.82) is 0 Å². The lowest BCUT2D eigenvalue weighted by Gasteiger charge is -2.26. The molecule has 11 nitrogen and oxygen atoms in total. The van der Waals surface area contributed by atoms with Crippen molar-refractivity contribution in [3.63, 3.8) is 0 Å². The minimum absolute atomic E-state index is 0.0213. The first kappa shape index (κ1) is 30.3. The average Bonchev–Trinajstić information content (AvgIpc) is 2.96. The predicted molar refractivity (Wildman–Crippen MR) is 155 cm³/mol. The van der Waals surface area contributed by atoms with Gasteiger partial charge in [-0.1, -0.05) is 41.5 Å². The number of sulfonamides is 1. The first-order chi connectivity index (χ1) is 19.9. The van der Waals surface area contributed by atoms with E-state index in [4.69, 9.17) is 9.57 Å². The maximum absolute atomic E-state index is 13.3. The lowest BCUT2D eigenvalue weighted by Crippen LogP contribution is -2.39. The molecule has 1 atom stereocenters. The molecule has 1 N–H and O–H groups in total. The van der Waals surface area contributed by atoms with Gasteiger partial charge < -0.3 is 9.57 Å². The van der Waals surface area contributed by atoms with E-state index in [2.05, 4.69) is 19.7 Å². The van der Waals surface area contributed by atoms with Gasteiger partial charge in [-0.15, -0.1) is 0 Å². The lowest BCUT2D eigenvalue weighted by molar-refractivity contribution is -0.142. The molecule has 4 rings (SSSR count). The number of pyridine rings is 3. The second-order valence-electron chi connectivity index (χ2n) is 10.3. The molecule has 0 saturated heterocycles. The van der Waals surface area contributed by atoms with Gasteiger partial charge in [0.25, 0.3) is 0 Å². The summed E-state index contributed by atoms with van der Waals surface area (Å²) in [6, 6.07) is 19.9. The summed E-state index contributed by atoms with van der Waals surface area (Å²) in [4.78, 5) is 42.6. The summed E-state index contributed by atoms with van der Waals surface area (Å²) < 4.78 is 34.8. The summed E-state index contributed by atoms with van der Waals surface area (Å²) >= 11 is 0.